The van der Waals surface area contributed by atoms with Crippen molar-refractivity contribution in [1.29, 1.82) is 0 Å². The Balaban J connectivity index is 1.55. The van der Waals surface area contributed by atoms with Crippen LogP contribution in [0.15, 0.2) is 4.52 Å². The summed E-state index contributed by atoms with van der Waals surface area (Å²) in [5, 5.41) is 7.62. The number of rotatable bonds is 4. The number of hydrogen-bond donors (Lipinski definition) is 1. The highest BCUT2D eigenvalue weighted by molar-refractivity contribution is 4.89. The van der Waals surface area contributed by atoms with Crippen molar-refractivity contribution in [3.63, 3.8) is 0 Å². The van der Waals surface area contributed by atoms with Crippen molar-refractivity contribution in [2.45, 2.75) is 51.6 Å². The highest BCUT2D eigenvalue weighted by Crippen LogP contribution is 2.25. The summed E-state index contributed by atoms with van der Waals surface area (Å²) < 4.78 is 5.30. The molecule has 0 aromatic carbocycles. The predicted octanol–water partition coefficient (Wildman–Crippen LogP) is 1.60. The number of piperidine rings is 1. The van der Waals surface area contributed by atoms with E-state index >= 15 is 0 Å². The second-order valence-corrected chi connectivity index (χ2v) is 5.80. The summed E-state index contributed by atoms with van der Waals surface area (Å²) >= 11 is 0. The number of nitrogens with zero attached hydrogens (tertiary/aromatic N) is 3. The van der Waals surface area contributed by atoms with Gasteiger partial charge in [0.15, 0.2) is 5.82 Å². The van der Waals surface area contributed by atoms with Crippen molar-refractivity contribution < 1.29 is 4.52 Å². The third kappa shape index (κ3) is 3.15. The average molecular weight is 264 g/mol. The van der Waals surface area contributed by atoms with Crippen LogP contribution in [-0.4, -0.2) is 40.7 Å². The molecule has 5 nitrogen and oxygen atoms in total. The largest absolute Gasteiger partial charge is 0.338 e. The van der Waals surface area contributed by atoms with E-state index in [1.807, 2.05) is 0 Å². The quantitative estimate of drug-likeness (QED) is 0.895. The molecule has 2 unspecified atom stereocenters. The lowest BCUT2D eigenvalue weighted by molar-refractivity contribution is 0.131. The molecule has 1 aromatic heterocycles. The first-order valence-corrected chi connectivity index (χ1v) is 7.62. The van der Waals surface area contributed by atoms with E-state index in [0.717, 1.165) is 43.2 Å². The third-order valence-corrected chi connectivity index (χ3v) is 4.39. The average Bonchev–Trinajstić information content (AvgIpc) is 3.10. The standard InChI is InChI=1S/C14H24N4O/c1-2-13-16-14(19-17-13)10-18-8-4-5-11(9-18)12-6-3-7-15-12/h11-12,15H,2-10H2,1H3. The van der Waals surface area contributed by atoms with E-state index in [4.69, 9.17) is 4.52 Å². The highest BCUT2D eigenvalue weighted by atomic mass is 16.5. The maximum Gasteiger partial charge on any atom is 0.240 e. The normalized spacial score (nSPS) is 28.9. The van der Waals surface area contributed by atoms with Gasteiger partial charge in [-0.2, -0.15) is 4.98 Å². The first kappa shape index (κ1) is 13.1. The molecule has 0 saturated carbocycles. The Kier molecular flexibility index (Phi) is 4.13. The van der Waals surface area contributed by atoms with Gasteiger partial charge in [-0.3, -0.25) is 4.90 Å². The van der Waals surface area contributed by atoms with E-state index in [2.05, 4.69) is 27.3 Å². The van der Waals surface area contributed by atoms with Gasteiger partial charge >= 0.3 is 0 Å². The van der Waals surface area contributed by atoms with Crippen LogP contribution in [0.1, 0.15) is 44.3 Å². The van der Waals surface area contributed by atoms with Crippen molar-refractivity contribution in [1.82, 2.24) is 20.4 Å². The van der Waals surface area contributed by atoms with E-state index in [1.54, 1.807) is 0 Å². The molecular formula is C14H24N4O. The molecule has 1 aromatic rings. The minimum absolute atomic E-state index is 0.733. The minimum Gasteiger partial charge on any atom is -0.338 e. The summed E-state index contributed by atoms with van der Waals surface area (Å²) in [6, 6.07) is 0.733. The van der Waals surface area contributed by atoms with Gasteiger partial charge in [0.25, 0.3) is 0 Å². The van der Waals surface area contributed by atoms with Gasteiger partial charge in [0.2, 0.25) is 5.89 Å². The molecule has 2 saturated heterocycles. The van der Waals surface area contributed by atoms with Gasteiger partial charge in [-0.05, 0) is 44.7 Å². The van der Waals surface area contributed by atoms with Crippen LogP contribution in [0.4, 0.5) is 0 Å². The molecule has 3 heterocycles. The topological polar surface area (TPSA) is 54.2 Å². The summed E-state index contributed by atoms with van der Waals surface area (Å²) in [5.74, 6) is 2.39. The lowest BCUT2D eigenvalue weighted by Crippen LogP contribution is -2.43. The van der Waals surface area contributed by atoms with Crippen LogP contribution in [0.25, 0.3) is 0 Å². The van der Waals surface area contributed by atoms with Crippen molar-refractivity contribution in [2.75, 3.05) is 19.6 Å². The Labute approximate surface area is 114 Å². The van der Waals surface area contributed by atoms with Crippen LogP contribution in [-0.2, 0) is 13.0 Å². The van der Waals surface area contributed by atoms with Gasteiger partial charge in [-0.15, -0.1) is 0 Å². The smallest absolute Gasteiger partial charge is 0.240 e. The Hall–Kier alpha value is -0.940. The number of aromatic nitrogens is 2. The van der Waals surface area contributed by atoms with Crippen molar-refractivity contribution >= 4 is 0 Å². The second-order valence-electron chi connectivity index (χ2n) is 5.80. The molecule has 2 atom stereocenters. The fourth-order valence-corrected chi connectivity index (χ4v) is 3.37. The maximum absolute atomic E-state index is 5.30. The lowest BCUT2D eigenvalue weighted by atomic mass is 9.90. The van der Waals surface area contributed by atoms with E-state index in [0.29, 0.717) is 0 Å². The van der Waals surface area contributed by atoms with Crippen LogP contribution in [0.3, 0.4) is 0 Å². The fourth-order valence-electron chi connectivity index (χ4n) is 3.37. The van der Waals surface area contributed by atoms with E-state index in [-0.39, 0.29) is 0 Å². The molecule has 19 heavy (non-hydrogen) atoms. The van der Waals surface area contributed by atoms with Crippen molar-refractivity contribution in [3.8, 4) is 0 Å². The Morgan fingerprint density at radius 2 is 2.32 bits per heavy atom. The van der Waals surface area contributed by atoms with Gasteiger partial charge in [0, 0.05) is 19.0 Å². The molecule has 0 spiro atoms. The maximum atomic E-state index is 5.30. The van der Waals surface area contributed by atoms with Crippen LogP contribution < -0.4 is 5.32 Å². The summed E-state index contributed by atoms with van der Waals surface area (Å²) in [5.41, 5.74) is 0. The zero-order valence-corrected chi connectivity index (χ0v) is 11.8. The monoisotopic (exact) mass is 264 g/mol. The zero-order chi connectivity index (χ0) is 13.1. The fraction of sp³-hybridized carbons (Fsp3) is 0.857. The molecule has 0 aliphatic carbocycles. The van der Waals surface area contributed by atoms with Crippen molar-refractivity contribution in [3.05, 3.63) is 11.7 Å². The molecule has 0 radical (unpaired) electrons. The molecule has 2 fully saturated rings. The van der Waals surface area contributed by atoms with Gasteiger partial charge in [0.1, 0.15) is 0 Å². The summed E-state index contributed by atoms with van der Waals surface area (Å²) in [6.07, 6.45) is 6.18. The van der Waals surface area contributed by atoms with Crippen LogP contribution >= 0.6 is 0 Å². The SMILES string of the molecule is CCc1noc(CN2CCCC(C3CCCN3)C2)n1. The number of likely N-dealkylation sites (tertiary alicyclic amines) is 1. The first-order chi connectivity index (χ1) is 9.35. The number of hydrogen-bond acceptors (Lipinski definition) is 5. The summed E-state index contributed by atoms with van der Waals surface area (Å²) in [7, 11) is 0. The lowest BCUT2D eigenvalue weighted by Gasteiger charge is -2.35. The molecular weight excluding hydrogens is 240 g/mol. The molecule has 0 bridgehead atoms. The summed E-state index contributed by atoms with van der Waals surface area (Å²) in [4.78, 5) is 6.88. The highest BCUT2D eigenvalue weighted by Gasteiger charge is 2.29. The first-order valence-electron chi connectivity index (χ1n) is 7.62. The molecule has 2 aliphatic rings. The summed E-state index contributed by atoms with van der Waals surface area (Å²) in [6.45, 7) is 6.40. The molecule has 2 aliphatic heterocycles. The Morgan fingerprint density at radius 3 is 3.05 bits per heavy atom. The molecule has 1 N–H and O–H groups in total. The predicted molar refractivity (Wildman–Crippen MR) is 72.7 cm³/mol. The number of aryl methyl sites for hydroxylation is 1. The second kappa shape index (κ2) is 6.01. The van der Waals surface area contributed by atoms with E-state index in [1.165, 1.54) is 38.8 Å². The van der Waals surface area contributed by atoms with E-state index in [9.17, 15) is 0 Å². The Morgan fingerprint density at radius 1 is 1.37 bits per heavy atom. The van der Waals surface area contributed by atoms with Crippen LogP contribution in [0.5, 0.6) is 0 Å². The zero-order valence-electron chi connectivity index (χ0n) is 11.8. The van der Waals surface area contributed by atoms with Gasteiger partial charge < -0.3 is 9.84 Å². The van der Waals surface area contributed by atoms with Gasteiger partial charge in [-0.25, -0.2) is 0 Å². The molecule has 0 amide bonds. The third-order valence-electron chi connectivity index (χ3n) is 4.39. The van der Waals surface area contributed by atoms with E-state index < -0.39 is 0 Å². The Bertz CT molecular complexity index is 400. The van der Waals surface area contributed by atoms with Gasteiger partial charge in [-0.1, -0.05) is 12.1 Å². The number of nitrogens with one attached hydrogen (secondary N) is 1. The minimum atomic E-state index is 0.733. The molecule has 3 rings (SSSR count). The van der Waals surface area contributed by atoms with Crippen LogP contribution in [0.2, 0.25) is 0 Å². The van der Waals surface area contributed by atoms with Gasteiger partial charge in [0.05, 0.1) is 6.54 Å². The van der Waals surface area contributed by atoms with Crippen LogP contribution in [0, 0.1) is 5.92 Å². The molecule has 5 heteroatoms. The van der Waals surface area contributed by atoms with Crippen molar-refractivity contribution in [2.24, 2.45) is 5.92 Å². The molecule has 106 valence electrons.